The summed E-state index contributed by atoms with van der Waals surface area (Å²) in [6, 6.07) is 0. The molecule has 0 N–H and O–H groups in total. The fourth-order valence-electron chi connectivity index (χ4n) is 2.89. The lowest BCUT2D eigenvalue weighted by atomic mass is 10.2. The Kier molecular flexibility index (Phi) is 4.62. The Morgan fingerprint density at radius 1 is 1.09 bits per heavy atom. The van der Waals surface area contributed by atoms with Crippen molar-refractivity contribution in [2.45, 2.75) is 25.4 Å². The molecule has 7 heteroatoms. The summed E-state index contributed by atoms with van der Waals surface area (Å²) >= 11 is 0. The molecule has 7 nitrogen and oxygen atoms in total. The molecule has 1 atom stereocenters. The molecule has 3 rings (SSSR count). The van der Waals surface area contributed by atoms with Gasteiger partial charge in [0.25, 0.3) is 11.8 Å². The largest absolute Gasteiger partial charge is 0.368 e. The van der Waals surface area contributed by atoms with Gasteiger partial charge in [-0.1, -0.05) is 0 Å². The topological polar surface area (TPSA) is 75.6 Å². The minimum atomic E-state index is -0.290. The molecular weight excluding hydrogens is 284 g/mol. The summed E-state index contributed by atoms with van der Waals surface area (Å²) < 4.78 is 5.46. The van der Waals surface area contributed by atoms with Gasteiger partial charge in [-0.3, -0.25) is 14.6 Å². The van der Waals surface area contributed by atoms with Gasteiger partial charge in [0.05, 0.1) is 6.20 Å². The number of amides is 2. The van der Waals surface area contributed by atoms with Crippen molar-refractivity contribution in [3.8, 4) is 0 Å². The van der Waals surface area contributed by atoms with Gasteiger partial charge in [0.2, 0.25) is 0 Å². The third-order valence-electron chi connectivity index (χ3n) is 4.08. The van der Waals surface area contributed by atoms with Crippen LogP contribution in [0.1, 0.15) is 29.8 Å². The number of nitrogens with zero attached hydrogens (tertiary/aromatic N) is 4. The van der Waals surface area contributed by atoms with Crippen LogP contribution in [0.5, 0.6) is 0 Å². The van der Waals surface area contributed by atoms with Gasteiger partial charge >= 0.3 is 0 Å². The highest BCUT2D eigenvalue weighted by Crippen LogP contribution is 2.16. The Labute approximate surface area is 129 Å². The highest BCUT2D eigenvalue weighted by Gasteiger charge is 2.30. The zero-order valence-electron chi connectivity index (χ0n) is 12.5. The smallest absolute Gasteiger partial charge is 0.274 e. The highest BCUT2D eigenvalue weighted by atomic mass is 16.5. The molecule has 0 spiro atoms. The number of aromatic nitrogens is 2. The van der Waals surface area contributed by atoms with E-state index in [1.165, 1.54) is 12.4 Å². The molecular formula is C15H20N4O3. The number of carbonyl (C=O) groups is 2. The van der Waals surface area contributed by atoms with Crippen molar-refractivity contribution in [2.24, 2.45) is 0 Å². The maximum Gasteiger partial charge on any atom is 0.274 e. The molecule has 22 heavy (non-hydrogen) atoms. The Balaban J connectivity index is 1.60. The van der Waals surface area contributed by atoms with E-state index in [-0.39, 0.29) is 17.9 Å². The first-order valence-electron chi connectivity index (χ1n) is 7.71. The summed E-state index contributed by atoms with van der Waals surface area (Å²) in [5.74, 6) is -0.0641. The number of ether oxygens (including phenoxy) is 1. The molecule has 2 saturated heterocycles. The van der Waals surface area contributed by atoms with Crippen LogP contribution in [-0.4, -0.2) is 70.5 Å². The molecule has 0 aliphatic carbocycles. The molecule has 0 aromatic carbocycles. The summed E-state index contributed by atoms with van der Waals surface area (Å²) in [6.45, 7) is 3.04. The van der Waals surface area contributed by atoms with Crippen molar-refractivity contribution in [3.63, 3.8) is 0 Å². The molecule has 1 aromatic heterocycles. The van der Waals surface area contributed by atoms with Gasteiger partial charge in [0.15, 0.2) is 0 Å². The van der Waals surface area contributed by atoms with Crippen molar-refractivity contribution >= 4 is 11.8 Å². The molecule has 1 unspecified atom stereocenters. The van der Waals surface area contributed by atoms with E-state index in [1.807, 2.05) is 4.90 Å². The van der Waals surface area contributed by atoms with Gasteiger partial charge in [-0.2, -0.15) is 0 Å². The van der Waals surface area contributed by atoms with Gasteiger partial charge < -0.3 is 14.5 Å². The minimum Gasteiger partial charge on any atom is -0.368 e. The molecule has 1 aromatic rings. The van der Waals surface area contributed by atoms with E-state index < -0.39 is 0 Å². The third-order valence-corrected chi connectivity index (χ3v) is 4.08. The SMILES string of the molecule is O=C(c1cnccn1)N1CCCN(C(=O)C2CCCO2)CC1. The van der Waals surface area contributed by atoms with Gasteiger partial charge in [-0.05, 0) is 19.3 Å². The van der Waals surface area contributed by atoms with Crippen LogP contribution in [0.25, 0.3) is 0 Å². The Bertz CT molecular complexity index is 531. The lowest BCUT2D eigenvalue weighted by Gasteiger charge is -2.24. The monoisotopic (exact) mass is 304 g/mol. The van der Waals surface area contributed by atoms with Crippen LogP contribution >= 0.6 is 0 Å². The molecule has 2 aliphatic rings. The minimum absolute atomic E-state index is 0.0614. The van der Waals surface area contributed by atoms with Crippen molar-refractivity contribution in [1.29, 1.82) is 0 Å². The maximum absolute atomic E-state index is 12.4. The average molecular weight is 304 g/mol. The van der Waals surface area contributed by atoms with Gasteiger partial charge in [-0.25, -0.2) is 4.98 Å². The van der Waals surface area contributed by atoms with E-state index in [0.29, 0.717) is 38.5 Å². The van der Waals surface area contributed by atoms with Crippen LogP contribution in [0, 0.1) is 0 Å². The normalized spacial score (nSPS) is 22.5. The van der Waals surface area contributed by atoms with E-state index in [0.717, 1.165) is 19.3 Å². The number of hydrogen-bond donors (Lipinski definition) is 0. The van der Waals surface area contributed by atoms with E-state index in [1.54, 1.807) is 11.1 Å². The number of rotatable bonds is 2. The zero-order chi connectivity index (χ0) is 15.4. The maximum atomic E-state index is 12.4. The Morgan fingerprint density at radius 3 is 2.64 bits per heavy atom. The number of carbonyl (C=O) groups excluding carboxylic acids is 2. The lowest BCUT2D eigenvalue weighted by molar-refractivity contribution is -0.140. The van der Waals surface area contributed by atoms with Crippen LogP contribution in [0.4, 0.5) is 0 Å². The molecule has 0 saturated carbocycles. The van der Waals surface area contributed by atoms with Crippen LogP contribution < -0.4 is 0 Å². The quantitative estimate of drug-likeness (QED) is 0.787. The molecule has 2 fully saturated rings. The standard InChI is InChI=1S/C15H20N4O3/c20-14(12-11-16-4-5-17-12)18-6-2-7-19(9-8-18)15(21)13-3-1-10-22-13/h4-5,11,13H,1-3,6-10H2. The summed E-state index contributed by atoms with van der Waals surface area (Å²) in [6.07, 6.45) is 6.76. The first-order valence-corrected chi connectivity index (χ1v) is 7.71. The first kappa shape index (κ1) is 14.9. The fraction of sp³-hybridized carbons (Fsp3) is 0.600. The lowest BCUT2D eigenvalue weighted by Crippen LogP contribution is -2.42. The molecule has 2 amide bonds. The van der Waals surface area contributed by atoms with E-state index >= 15 is 0 Å². The first-order chi connectivity index (χ1) is 10.8. The zero-order valence-corrected chi connectivity index (χ0v) is 12.5. The molecule has 0 bridgehead atoms. The molecule has 118 valence electrons. The van der Waals surface area contributed by atoms with Crippen LogP contribution in [0.3, 0.4) is 0 Å². The average Bonchev–Trinajstić information content (AvgIpc) is 2.99. The predicted molar refractivity (Wildman–Crippen MR) is 78.1 cm³/mol. The third kappa shape index (κ3) is 3.24. The second-order valence-electron chi connectivity index (χ2n) is 5.56. The second-order valence-corrected chi connectivity index (χ2v) is 5.56. The van der Waals surface area contributed by atoms with Crippen LogP contribution in [0.15, 0.2) is 18.6 Å². The van der Waals surface area contributed by atoms with Crippen molar-refractivity contribution < 1.29 is 14.3 Å². The summed E-state index contributed by atoms with van der Waals surface area (Å²) in [5.41, 5.74) is 0.349. The van der Waals surface area contributed by atoms with Gasteiger partial charge in [0, 0.05) is 45.2 Å². The molecule has 3 heterocycles. The van der Waals surface area contributed by atoms with Crippen LogP contribution in [0.2, 0.25) is 0 Å². The second kappa shape index (κ2) is 6.83. The molecule has 0 radical (unpaired) electrons. The van der Waals surface area contributed by atoms with Crippen molar-refractivity contribution in [2.75, 3.05) is 32.8 Å². The molecule has 2 aliphatic heterocycles. The summed E-state index contributed by atoms with van der Waals surface area (Å²) in [7, 11) is 0. The number of hydrogen-bond acceptors (Lipinski definition) is 5. The van der Waals surface area contributed by atoms with Gasteiger partial charge in [0.1, 0.15) is 11.8 Å². The predicted octanol–water partition coefficient (Wildman–Crippen LogP) is 0.330. The van der Waals surface area contributed by atoms with E-state index in [4.69, 9.17) is 4.74 Å². The summed E-state index contributed by atoms with van der Waals surface area (Å²) in [4.78, 5) is 36.3. The van der Waals surface area contributed by atoms with E-state index in [9.17, 15) is 9.59 Å². The van der Waals surface area contributed by atoms with Crippen molar-refractivity contribution in [3.05, 3.63) is 24.3 Å². The fourth-order valence-corrected chi connectivity index (χ4v) is 2.89. The highest BCUT2D eigenvalue weighted by molar-refractivity contribution is 5.92. The Morgan fingerprint density at radius 2 is 1.91 bits per heavy atom. The van der Waals surface area contributed by atoms with Gasteiger partial charge in [-0.15, -0.1) is 0 Å². The van der Waals surface area contributed by atoms with E-state index in [2.05, 4.69) is 9.97 Å². The Hall–Kier alpha value is -2.02. The van der Waals surface area contributed by atoms with Crippen LogP contribution in [-0.2, 0) is 9.53 Å². The van der Waals surface area contributed by atoms with Crippen molar-refractivity contribution in [1.82, 2.24) is 19.8 Å². The summed E-state index contributed by atoms with van der Waals surface area (Å²) in [5, 5.41) is 0.